The summed E-state index contributed by atoms with van der Waals surface area (Å²) < 4.78 is 32.9. The number of aliphatic hydroxyl groups excluding tert-OH is 1. The fourth-order valence-electron chi connectivity index (χ4n) is 2.63. The lowest BCUT2D eigenvalue weighted by atomic mass is 10.1. The molecule has 0 fully saturated rings. The van der Waals surface area contributed by atoms with Gasteiger partial charge in [0.1, 0.15) is 5.70 Å². The van der Waals surface area contributed by atoms with E-state index >= 15 is 0 Å². The number of carbonyl (C=O) groups excluding carboxylic acids is 3. The molecular formula is C17H20N2O8S. The Morgan fingerprint density at radius 1 is 1.21 bits per heavy atom. The standard InChI is InChI=1S/C17H20N2O8S/c1-26-16(22)11-8-10(28(3,24)25)4-5-13(11)18-14-12(17(23)27-2)9-19(6-7-20)15(14)21/h4-5,8,18,20H,6-7,9H2,1-3H3. The van der Waals surface area contributed by atoms with Crippen LogP contribution in [-0.4, -0.2) is 76.4 Å². The highest BCUT2D eigenvalue weighted by Crippen LogP contribution is 2.27. The summed E-state index contributed by atoms with van der Waals surface area (Å²) in [5, 5.41) is 11.8. The quantitative estimate of drug-likeness (QED) is 0.570. The van der Waals surface area contributed by atoms with E-state index in [4.69, 9.17) is 9.84 Å². The molecule has 0 bridgehead atoms. The van der Waals surface area contributed by atoms with Gasteiger partial charge in [-0.3, -0.25) is 4.79 Å². The van der Waals surface area contributed by atoms with Crippen LogP contribution in [0.15, 0.2) is 34.4 Å². The molecule has 28 heavy (non-hydrogen) atoms. The number of hydrogen-bond acceptors (Lipinski definition) is 9. The molecule has 2 rings (SSSR count). The summed E-state index contributed by atoms with van der Waals surface area (Å²) in [4.78, 5) is 37.9. The molecule has 11 heteroatoms. The first-order valence-corrected chi connectivity index (χ1v) is 9.94. The van der Waals surface area contributed by atoms with Crippen LogP contribution < -0.4 is 5.32 Å². The van der Waals surface area contributed by atoms with E-state index < -0.39 is 27.7 Å². The van der Waals surface area contributed by atoms with Crippen LogP contribution in [0.2, 0.25) is 0 Å². The Bertz CT molecular complexity index is 952. The first-order chi connectivity index (χ1) is 13.1. The Labute approximate surface area is 161 Å². The molecule has 1 aliphatic rings. The second kappa shape index (κ2) is 8.40. The first-order valence-electron chi connectivity index (χ1n) is 8.05. The molecule has 0 aliphatic carbocycles. The number of hydrogen-bond donors (Lipinski definition) is 2. The van der Waals surface area contributed by atoms with Gasteiger partial charge in [0.15, 0.2) is 9.84 Å². The molecule has 2 N–H and O–H groups in total. The molecule has 10 nitrogen and oxygen atoms in total. The second-order valence-electron chi connectivity index (χ2n) is 5.89. The number of β-amino-alcohol motifs (C(OH)–C–C–N with tert-alkyl or cyclic N) is 1. The lowest BCUT2D eigenvalue weighted by molar-refractivity contribution is -0.136. The highest BCUT2D eigenvalue weighted by atomic mass is 32.2. The van der Waals surface area contributed by atoms with Crippen LogP contribution in [0.25, 0.3) is 0 Å². The van der Waals surface area contributed by atoms with Crippen molar-refractivity contribution in [1.29, 1.82) is 0 Å². The summed E-state index contributed by atoms with van der Waals surface area (Å²) in [6, 6.07) is 3.67. The number of nitrogens with zero attached hydrogens (tertiary/aromatic N) is 1. The Hall–Kier alpha value is -2.92. The third-order valence-electron chi connectivity index (χ3n) is 4.04. The average molecular weight is 412 g/mol. The Balaban J connectivity index is 2.53. The van der Waals surface area contributed by atoms with Crippen LogP contribution in [0.1, 0.15) is 10.4 Å². The SMILES string of the molecule is COC(=O)C1=C(Nc2ccc(S(C)(=O)=O)cc2C(=O)OC)C(=O)N(CCO)C1. The number of anilines is 1. The zero-order valence-electron chi connectivity index (χ0n) is 15.5. The van der Waals surface area contributed by atoms with E-state index in [1.54, 1.807) is 0 Å². The second-order valence-corrected chi connectivity index (χ2v) is 7.91. The molecule has 0 saturated carbocycles. The Kier molecular flexibility index (Phi) is 6.41. The van der Waals surface area contributed by atoms with Crippen molar-refractivity contribution >= 4 is 33.4 Å². The maximum absolute atomic E-state index is 12.6. The number of aliphatic hydroxyl groups is 1. The Morgan fingerprint density at radius 2 is 1.86 bits per heavy atom. The van der Waals surface area contributed by atoms with Crippen molar-refractivity contribution in [3.05, 3.63) is 35.0 Å². The number of esters is 2. The number of carbonyl (C=O) groups is 3. The number of sulfone groups is 1. The van der Waals surface area contributed by atoms with Crippen molar-refractivity contribution in [2.45, 2.75) is 4.90 Å². The van der Waals surface area contributed by atoms with Gasteiger partial charge in [-0.1, -0.05) is 0 Å². The number of rotatable bonds is 7. The zero-order valence-corrected chi connectivity index (χ0v) is 16.3. The molecular weight excluding hydrogens is 392 g/mol. The fraction of sp³-hybridized carbons (Fsp3) is 0.353. The predicted molar refractivity (Wildman–Crippen MR) is 97.2 cm³/mol. The molecule has 1 aromatic rings. The van der Waals surface area contributed by atoms with E-state index in [0.29, 0.717) is 0 Å². The number of methoxy groups -OCH3 is 2. The lowest BCUT2D eigenvalue weighted by Crippen LogP contribution is -2.31. The number of amides is 1. The minimum Gasteiger partial charge on any atom is -0.466 e. The minimum atomic E-state index is -3.59. The van der Waals surface area contributed by atoms with Gasteiger partial charge in [0, 0.05) is 12.8 Å². The molecule has 1 aromatic carbocycles. The summed E-state index contributed by atoms with van der Waals surface area (Å²) in [6.45, 7) is -0.380. The smallest absolute Gasteiger partial charge is 0.340 e. The van der Waals surface area contributed by atoms with Gasteiger partial charge in [-0.2, -0.15) is 0 Å². The molecule has 152 valence electrons. The third-order valence-corrected chi connectivity index (χ3v) is 5.15. The van der Waals surface area contributed by atoms with E-state index in [1.165, 1.54) is 17.0 Å². The van der Waals surface area contributed by atoms with Crippen LogP contribution in [0.5, 0.6) is 0 Å². The predicted octanol–water partition coefficient (Wildman–Crippen LogP) is -0.450. The highest BCUT2D eigenvalue weighted by Gasteiger charge is 2.35. The normalized spacial score (nSPS) is 14.3. The van der Waals surface area contributed by atoms with Crippen molar-refractivity contribution in [1.82, 2.24) is 4.90 Å². The third kappa shape index (κ3) is 4.31. The molecule has 0 saturated heterocycles. The van der Waals surface area contributed by atoms with E-state index in [0.717, 1.165) is 26.5 Å². The van der Waals surface area contributed by atoms with Crippen molar-refractivity contribution < 1.29 is 37.4 Å². The maximum atomic E-state index is 12.6. The van der Waals surface area contributed by atoms with Gasteiger partial charge in [-0.15, -0.1) is 0 Å². The van der Waals surface area contributed by atoms with E-state index in [1.807, 2.05) is 0 Å². The van der Waals surface area contributed by atoms with Gasteiger partial charge >= 0.3 is 11.9 Å². The molecule has 1 heterocycles. The zero-order chi connectivity index (χ0) is 21.1. The van der Waals surface area contributed by atoms with Crippen molar-refractivity contribution in [3.63, 3.8) is 0 Å². The topological polar surface area (TPSA) is 139 Å². The summed E-state index contributed by atoms with van der Waals surface area (Å²) in [5.74, 6) is -2.15. The van der Waals surface area contributed by atoms with Gasteiger partial charge in [0.05, 0.1) is 49.1 Å². The van der Waals surface area contributed by atoms with Crippen molar-refractivity contribution in [2.24, 2.45) is 0 Å². The van der Waals surface area contributed by atoms with E-state index in [-0.39, 0.29) is 47.1 Å². The molecule has 0 radical (unpaired) electrons. The first kappa shape index (κ1) is 21.4. The van der Waals surface area contributed by atoms with Crippen molar-refractivity contribution in [3.8, 4) is 0 Å². The van der Waals surface area contributed by atoms with E-state index in [9.17, 15) is 22.8 Å². The van der Waals surface area contributed by atoms with Gasteiger partial charge in [0.25, 0.3) is 5.91 Å². The highest BCUT2D eigenvalue weighted by molar-refractivity contribution is 7.90. The van der Waals surface area contributed by atoms with Gasteiger partial charge < -0.3 is 24.8 Å². The van der Waals surface area contributed by atoms with Crippen LogP contribution in [0.4, 0.5) is 5.69 Å². The van der Waals surface area contributed by atoms with Crippen LogP contribution in [0.3, 0.4) is 0 Å². The molecule has 0 spiro atoms. The molecule has 0 atom stereocenters. The van der Waals surface area contributed by atoms with Crippen LogP contribution in [0, 0.1) is 0 Å². The van der Waals surface area contributed by atoms with Crippen LogP contribution in [-0.2, 0) is 28.9 Å². The monoisotopic (exact) mass is 412 g/mol. The summed E-state index contributed by atoms with van der Waals surface area (Å²) in [7, 11) is -1.30. The van der Waals surface area contributed by atoms with Crippen molar-refractivity contribution in [2.75, 3.05) is 45.5 Å². The van der Waals surface area contributed by atoms with Crippen LogP contribution >= 0.6 is 0 Å². The van der Waals surface area contributed by atoms with E-state index in [2.05, 4.69) is 10.1 Å². The summed E-state index contributed by atoms with van der Waals surface area (Å²) in [5.41, 5.74) is -0.160. The maximum Gasteiger partial charge on any atom is 0.340 e. The lowest BCUT2D eigenvalue weighted by Gasteiger charge is -2.16. The largest absolute Gasteiger partial charge is 0.466 e. The number of ether oxygens (including phenoxy) is 2. The molecule has 0 aromatic heterocycles. The number of benzene rings is 1. The molecule has 1 aliphatic heterocycles. The summed E-state index contributed by atoms with van der Waals surface area (Å²) >= 11 is 0. The van der Waals surface area contributed by atoms with Gasteiger partial charge in [-0.05, 0) is 18.2 Å². The number of nitrogens with one attached hydrogen (secondary N) is 1. The minimum absolute atomic E-state index is 0.00137. The average Bonchev–Trinajstić information content (AvgIpc) is 2.96. The van der Waals surface area contributed by atoms with Gasteiger partial charge in [0.2, 0.25) is 0 Å². The summed E-state index contributed by atoms with van der Waals surface area (Å²) in [6.07, 6.45) is 0.988. The fourth-order valence-corrected chi connectivity index (χ4v) is 3.27. The Morgan fingerprint density at radius 3 is 2.39 bits per heavy atom. The molecule has 1 amide bonds. The molecule has 0 unspecified atom stereocenters. The van der Waals surface area contributed by atoms with Gasteiger partial charge in [-0.25, -0.2) is 18.0 Å².